The summed E-state index contributed by atoms with van der Waals surface area (Å²) >= 11 is 0. The first-order valence-corrected chi connectivity index (χ1v) is 9.75. The van der Waals surface area contributed by atoms with Gasteiger partial charge < -0.3 is 5.32 Å². The van der Waals surface area contributed by atoms with Gasteiger partial charge in [0.05, 0.1) is 0 Å². The lowest BCUT2D eigenvalue weighted by Gasteiger charge is -2.40. The lowest BCUT2D eigenvalue weighted by molar-refractivity contribution is 0.104. The normalized spacial score (nSPS) is 40.6. The summed E-state index contributed by atoms with van der Waals surface area (Å²) in [6, 6.07) is 2.62. The van der Waals surface area contributed by atoms with Gasteiger partial charge in [-0.2, -0.15) is 0 Å². The van der Waals surface area contributed by atoms with Crippen LogP contribution in [0.3, 0.4) is 0 Å². The molecule has 0 radical (unpaired) electrons. The van der Waals surface area contributed by atoms with Crippen molar-refractivity contribution >= 4 is 0 Å². The zero-order valence-electron chi connectivity index (χ0n) is 14.3. The van der Waals surface area contributed by atoms with Gasteiger partial charge in [-0.3, -0.25) is 4.90 Å². The van der Waals surface area contributed by atoms with Crippen LogP contribution in [0.1, 0.15) is 78.1 Å². The highest BCUT2D eigenvalue weighted by Crippen LogP contribution is 2.37. The molecule has 0 amide bonds. The molecule has 2 heterocycles. The summed E-state index contributed by atoms with van der Waals surface area (Å²) < 4.78 is 0. The second-order valence-electron chi connectivity index (χ2n) is 8.16. The van der Waals surface area contributed by atoms with E-state index in [0.717, 1.165) is 30.0 Å². The number of hydrogen-bond donors (Lipinski definition) is 1. The molecule has 1 aliphatic carbocycles. The molecule has 2 atom stereocenters. The smallest absolute Gasteiger partial charge is 0.0114 e. The van der Waals surface area contributed by atoms with E-state index < -0.39 is 0 Å². The Morgan fingerprint density at radius 2 is 1.62 bits per heavy atom. The second kappa shape index (κ2) is 7.46. The third-order valence-electron chi connectivity index (χ3n) is 6.50. The molecule has 3 fully saturated rings. The molecule has 0 aromatic rings. The first-order chi connectivity index (χ1) is 10.3. The highest BCUT2D eigenvalue weighted by atomic mass is 15.2. The van der Waals surface area contributed by atoms with Gasteiger partial charge in [-0.05, 0) is 63.5 Å². The van der Waals surface area contributed by atoms with E-state index in [2.05, 4.69) is 24.1 Å². The van der Waals surface area contributed by atoms with Crippen molar-refractivity contribution in [3.63, 3.8) is 0 Å². The van der Waals surface area contributed by atoms with Gasteiger partial charge in [-0.25, -0.2) is 0 Å². The van der Waals surface area contributed by atoms with Crippen molar-refractivity contribution in [3.8, 4) is 0 Å². The fraction of sp³-hybridized carbons (Fsp3) is 1.00. The summed E-state index contributed by atoms with van der Waals surface area (Å²) in [4.78, 5) is 2.90. The van der Waals surface area contributed by atoms with Crippen LogP contribution in [0.4, 0.5) is 0 Å². The van der Waals surface area contributed by atoms with Gasteiger partial charge in [0.2, 0.25) is 0 Å². The minimum absolute atomic E-state index is 0.814. The average Bonchev–Trinajstić information content (AvgIpc) is 2.74. The summed E-state index contributed by atoms with van der Waals surface area (Å²) in [5.41, 5.74) is 0. The zero-order valence-corrected chi connectivity index (χ0v) is 14.3. The summed E-state index contributed by atoms with van der Waals surface area (Å²) in [7, 11) is 0. The molecule has 2 aliphatic heterocycles. The van der Waals surface area contributed by atoms with Crippen LogP contribution < -0.4 is 5.32 Å². The Morgan fingerprint density at radius 1 is 0.952 bits per heavy atom. The maximum absolute atomic E-state index is 3.78. The van der Waals surface area contributed by atoms with Crippen LogP contribution in [0.5, 0.6) is 0 Å². The number of nitrogens with one attached hydrogen (secondary N) is 1. The molecule has 2 saturated heterocycles. The minimum atomic E-state index is 0.814. The molecule has 21 heavy (non-hydrogen) atoms. The fourth-order valence-electron chi connectivity index (χ4n) is 5.10. The number of nitrogens with zero attached hydrogens (tertiary/aromatic N) is 1. The first kappa shape index (κ1) is 15.8. The third kappa shape index (κ3) is 4.01. The summed E-state index contributed by atoms with van der Waals surface area (Å²) in [6.45, 7) is 7.32. The predicted octanol–water partition coefficient (Wildman–Crippen LogP) is 4.20. The molecule has 122 valence electrons. The Morgan fingerprint density at radius 3 is 2.24 bits per heavy atom. The van der Waals surface area contributed by atoms with E-state index in [9.17, 15) is 0 Å². The van der Waals surface area contributed by atoms with Gasteiger partial charge in [0, 0.05) is 18.1 Å². The predicted molar refractivity (Wildman–Crippen MR) is 90.6 cm³/mol. The minimum Gasteiger partial charge on any atom is -0.314 e. The highest BCUT2D eigenvalue weighted by molar-refractivity contribution is 4.97. The van der Waals surface area contributed by atoms with E-state index in [4.69, 9.17) is 0 Å². The highest BCUT2D eigenvalue weighted by Gasteiger charge is 2.40. The van der Waals surface area contributed by atoms with Gasteiger partial charge in [0.25, 0.3) is 0 Å². The lowest BCUT2D eigenvalue weighted by Crippen LogP contribution is -2.49. The lowest BCUT2D eigenvalue weighted by atomic mass is 9.81. The van der Waals surface area contributed by atoms with E-state index in [1.165, 1.54) is 77.3 Å². The molecule has 3 aliphatic rings. The monoisotopic (exact) mass is 292 g/mol. The number of hydrogen-bond acceptors (Lipinski definition) is 2. The molecule has 2 heteroatoms. The van der Waals surface area contributed by atoms with Crippen molar-refractivity contribution < 1.29 is 0 Å². The van der Waals surface area contributed by atoms with Crippen molar-refractivity contribution in [2.75, 3.05) is 13.1 Å². The molecule has 0 aromatic heterocycles. The molecule has 2 nitrogen and oxygen atoms in total. The molecule has 1 saturated carbocycles. The maximum atomic E-state index is 3.78. The Hall–Kier alpha value is -0.0800. The third-order valence-corrected chi connectivity index (χ3v) is 6.50. The molecule has 3 rings (SSSR count). The Kier molecular flexibility index (Phi) is 5.61. The first-order valence-electron chi connectivity index (χ1n) is 9.75. The van der Waals surface area contributed by atoms with Crippen molar-refractivity contribution in [2.24, 2.45) is 11.8 Å². The fourth-order valence-corrected chi connectivity index (χ4v) is 5.10. The van der Waals surface area contributed by atoms with Crippen LogP contribution in [0.25, 0.3) is 0 Å². The van der Waals surface area contributed by atoms with Crippen molar-refractivity contribution in [1.82, 2.24) is 10.2 Å². The molecular weight excluding hydrogens is 256 g/mol. The Labute approximate surface area is 132 Å². The van der Waals surface area contributed by atoms with E-state index in [1.54, 1.807) is 0 Å². The van der Waals surface area contributed by atoms with E-state index in [-0.39, 0.29) is 0 Å². The number of piperidine rings is 1. The summed E-state index contributed by atoms with van der Waals surface area (Å²) in [6.07, 6.45) is 14.5. The summed E-state index contributed by atoms with van der Waals surface area (Å²) in [5.74, 6) is 2.04. The quantitative estimate of drug-likeness (QED) is 0.789. The summed E-state index contributed by atoms with van der Waals surface area (Å²) in [5, 5.41) is 3.78. The molecule has 0 aromatic carbocycles. The van der Waals surface area contributed by atoms with Crippen LogP contribution in [0.2, 0.25) is 0 Å². The van der Waals surface area contributed by atoms with Gasteiger partial charge in [0.1, 0.15) is 0 Å². The molecule has 2 bridgehead atoms. The number of rotatable bonds is 6. The Balaban J connectivity index is 1.43. The van der Waals surface area contributed by atoms with E-state index >= 15 is 0 Å². The number of fused-ring (bicyclic) bond motifs is 2. The van der Waals surface area contributed by atoms with Gasteiger partial charge in [-0.15, -0.1) is 0 Å². The van der Waals surface area contributed by atoms with Crippen LogP contribution >= 0.6 is 0 Å². The molecule has 0 spiro atoms. The van der Waals surface area contributed by atoms with Crippen LogP contribution in [0.15, 0.2) is 0 Å². The van der Waals surface area contributed by atoms with Crippen LogP contribution in [-0.2, 0) is 0 Å². The van der Waals surface area contributed by atoms with Crippen molar-refractivity contribution in [3.05, 3.63) is 0 Å². The zero-order chi connectivity index (χ0) is 14.7. The largest absolute Gasteiger partial charge is 0.314 e. The van der Waals surface area contributed by atoms with Gasteiger partial charge in [0.15, 0.2) is 0 Å². The average molecular weight is 293 g/mol. The maximum Gasteiger partial charge on any atom is 0.0114 e. The van der Waals surface area contributed by atoms with E-state index in [1.807, 2.05) is 0 Å². The van der Waals surface area contributed by atoms with Crippen LogP contribution in [-0.4, -0.2) is 36.1 Å². The second-order valence-corrected chi connectivity index (χ2v) is 8.16. The van der Waals surface area contributed by atoms with Gasteiger partial charge >= 0.3 is 0 Å². The standard InChI is InChI=1S/C19H36N2/c1-3-11-20-17-13-18-8-9-19(14-17)21(18)12-10-16-6-4-15(2)5-7-16/h15-20H,3-14H2,1-2H3. The van der Waals surface area contributed by atoms with Crippen LogP contribution in [0, 0.1) is 11.8 Å². The van der Waals surface area contributed by atoms with E-state index in [0.29, 0.717) is 0 Å². The molecular formula is C19H36N2. The molecule has 2 unspecified atom stereocenters. The van der Waals surface area contributed by atoms with Gasteiger partial charge in [-0.1, -0.05) is 39.5 Å². The SMILES string of the molecule is CCCNC1CC2CCC(C1)N2CCC1CCC(C)CC1. The van der Waals surface area contributed by atoms with Crippen molar-refractivity contribution in [2.45, 2.75) is 96.2 Å². The van der Waals surface area contributed by atoms with Crippen molar-refractivity contribution in [1.29, 1.82) is 0 Å². The Bertz CT molecular complexity index is 295. The molecule has 1 N–H and O–H groups in total. The topological polar surface area (TPSA) is 15.3 Å².